The number of amides is 3. The number of halogens is 1. The lowest BCUT2D eigenvalue weighted by Crippen LogP contribution is -2.30. The molecule has 1 aliphatic carbocycles. The number of urea groups is 1. The van der Waals surface area contributed by atoms with E-state index in [1.807, 2.05) is 19.1 Å². The molecule has 1 aliphatic rings. The van der Waals surface area contributed by atoms with E-state index >= 15 is 0 Å². The van der Waals surface area contributed by atoms with Crippen LogP contribution in [0.4, 0.5) is 25.4 Å². The summed E-state index contributed by atoms with van der Waals surface area (Å²) in [5.74, 6) is -0.202. The summed E-state index contributed by atoms with van der Waals surface area (Å²) in [5, 5.41) is 8.14. The number of hydrogen-bond acceptors (Lipinski definition) is 3. The number of alkyl carbamates (subject to hydrolysis) is 1. The second-order valence-corrected chi connectivity index (χ2v) is 6.30. The quantitative estimate of drug-likeness (QED) is 0.775. The third-order valence-corrected chi connectivity index (χ3v) is 4.39. The van der Waals surface area contributed by atoms with Crippen molar-refractivity contribution in [2.24, 2.45) is 5.92 Å². The van der Waals surface area contributed by atoms with Gasteiger partial charge in [0.25, 0.3) is 0 Å². The standard InChI is InChI=1S/C19H20FN3O3/c1-11-8-12-6-7-15(10-16(12)17(11)23-19(25)26-2)22-18(24)21-14-5-3-4-13(20)9-14/h3-7,9-11,17H,8H2,1-2H3,(H,23,25)(H2,21,22,24). The Bertz CT molecular complexity index is 841. The molecule has 0 heterocycles. The molecular weight excluding hydrogens is 337 g/mol. The number of carbonyl (C=O) groups is 2. The molecule has 0 saturated heterocycles. The van der Waals surface area contributed by atoms with Crippen molar-refractivity contribution in [3.05, 3.63) is 59.4 Å². The lowest BCUT2D eigenvalue weighted by molar-refractivity contribution is 0.163. The number of rotatable bonds is 3. The van der Waals surface area contributed by atoms with Crippen LogP contribution in [-0.2, 0) is 11.2 Å². The fourth-order valence-electron chi connectivity index (χ4n) is 3.18. The van der Waals surface area contributed by atoms with Gasteiger partial charge < -0.3 is 20.7 Å². The number of hydrogen-bond donors (Lipinski definition) is 3. The van der Waals surface area contributed by atoms with E-state index in [9.17, 15) is 14.0 Å². The number of methoxy groups -OCH3 is 1. The Morgan fingerprint density at radius 3 is 2.54 bits per heavy atom. The Labute approximate surface area is 150 Å². The van der Waals surface area contributed by atoms with Crippen LogP contribution in [0.25, 0.3) is 0 Å². The maximum atomic E-state index is 13.2. The average Bonchev–Trinajstić information content (AvgIpc) is 2.90. The molecule has 3 N–H and O–H groups in total. The minimum absolute atomic E-state index is 0.175. The van der Waals surface area contributed by atoms with Crippen LogP contribution < -0.4 is 16.0 Å². The van der Waals surface area contributed by atoms with E-state index < -0.39 is 17.9 Å². The molecule has 3 amide bonds. The number of fused-ring (bicyclic) bond motifs is 1. The van der Waals surface area contributed by atoms with Gasteiger partial charge in [0.1, 0.15) is 5.82 Å². The zero-order valence-electron chi connectivity index (χ0n) is 14.5. The zero-order chi connectivity index (χ0) is 18.7. The van der Waals surface area contributed by atoms with Gasteiger partial charge in [-0.2, -0.15) is 0 Å². The SMILES string of the molecule is COC(=O)NC1c2cc(NC(=O)Nc3cccc(F)c3)ccc2CC1C. The maximum Gasteiger partial charge on any atom is 0.407 e. The van der Waals surface area contributed by atoms with Crippen LogP contribution in [0, 0.1) is 11.7 Å². The third kappa shape index (κ3) is 3.93. The van der Waals surface area contributed by atoms with E-state index in [2.05, 4.69) is 20.7 Å². The molecule has 6 nitrogen and oxygen atoms in total. The molecule has 2 atom stereocenters. The van der Waals surface area contributed by atoms with E-state index in [0.29, 0.717) is 11.4 Å². The van der Waals surface area contributed by atoms with Crippen molar-refractivity contribution in [3.8, 4) is 0 Å². The molecule has 0 aliphatic heterocycles. The molecule has 3 rings (SSSR count). The highest BCUT2D eigenvalue weighted by Gasteiger charge is 2.31. The van der Waals surface area contributed by atoms with Gasteiger partial charge in [-0.25, -0.2) is 14.0 Å². The van der Waals surface area contributed by atoms with Gasteiger partial charge in [-0.15, -0.1) is 0 Å². The van der Waals surface area contributed by atoms with Crippen molar-refractivity contribution in [2.45, 2.75) is 19.4 Å². The first-order valence-electron chi connectivity index (χ1n) is 8.27. The van der Waals surface area contributed by atoms with Crippen LogP contribution in [0.2, 0.25) is 0 Å². The molecule has 0 aromatic heterocycles. The highest BCUT2D eigenvalue weighted by Crippen LogP contribution is 2.37. The average molecular weight is 357 g/mol. The molecule has 0 spiro atoms. The van der Waals surface area contributed by atoms with E-state index in [1.54, 1.807) is 12.1 Å². The van der Waals surface area contributed by atoms with Crippen molar-refractivity contribution < 1.29 is 18.7 Å². The largest absolute Gasteiger partial charge is 0.453 e. The fourth-order valence-corrected chi connectivity index (χ4v) is 3.18. The van der Waals surface area contributed by atoms with Crippen molar-refractivity contribution in [1.29, 1.82) is 0 Å². The third-order valence-electron chi connectivity index (χ3n) is 4.39. The summed E-state index contributed by atoms with van der Waals surface area (Å²) >= 11 is 0. The summed E-state index contributed by atoms with van der Waals surface area (Å²) in [4.78, 5) is 23.7. The van der Waals surface area contributed by atoms with Gasteiger partial charge in [0.05, 0.1) is 13.2 Å². The summed E-state index contributed by atoms with van der Waals surface area (Å²) in [7, 11) is 1.32. The number of anilines is 2. The lowest BCUT2D eigenvalue weighted by atomic mass is 10.0. The summed E-state index contributed by atoms with van der Waals surface area (Å²) < 4.78 is 17.9. The minimum Gasteiger partial charge on any atom is -0.453 e. The molecule has 0 saturated carbocycles. The topological polar surface area (TPSA) is 79.5 Å². The highest BCUT2D eigenvalue weighted by molar-refractivity contribution is 5.99. The minimum atomic E-state index is -0.489. The van der Waals surface area contributed by atoms with Crippen molar-refractivity contribution in [1.82, 2.24) is 5.32 Å². The van der Waals surface area contributed by atoms with Crippen LogP contribution >= 0.6 is 0 Å². The van der Waals surface area contributed by atoms with Crippen LogP contribution in [0.1, 0.15) is 24.1 Å². The number of nitrogens with one attached hydrogen (secondary N) is 3. The molecule has 2 aromatic rings. The first-order chi connectivity index (χ1) is 12.5. The Morgan fingerprint density at radius 2 is 1.85 bits per heavy atom. The smallest absolute Gasteiger partial charge is 0.407 e. The fraction of sp³-hybridized carbons (Fsp3) is 0.263. The van der Waals surface area contributed by atoms with Crippen molar-refractivity contribution >= 4 is 23.5 Å². The monoisotopic (exact) mass is 357 g/mol. The van der Waals surface area contributed by atoms with E-state index in [0.717, 1.165) is 17.5 Å². The van der Waals surface area contributed by atoms with E-state index in [-0.39, 0.29) is 12.0 Å². The van der Waals surface area contributed by atoms with Gasteiger partial charge >= 0.3 is 12.1 Å². The summed E-state index contributed by atoms with van der Waals surface area (Å²) in [6, 6.07) is 10.6. The maximum absolute atomic E-state index is 13.2. The summed E-state index contributed by atoms with van der Waals surface area (Å²) in [6.07, 6.45) is 0.344. The van der Waals surface area contributed by atoms with Gasteiger partial charge in [0.15, 0.2) is 0 Å². The number of ether oxygens (including phenoxy) is 1. The van der Waals surface area contributed by atoms with E-state index in [1.165, 1.54) is 25.3 Å². The van der Waals surface area contributed by atoms with Crippen molar-refractivity contribution in [2.75, 3.05) is 17.7 Å². The predicted molar refractivity (Wildman–Crippen MR) is 96.6 cm³/mol. The van der Waals surface area contributed by atoms with Gasteiger partial charge in [0.2, 0.25) is 0 Å². The molecule has 0 fully saturated rings. The molecule has 2 aromatic carbocycles. The number of carbonyl (C=O) groups excluding carboxylic acids is 2. The Kier molecular flexibility index (Phi) is 5.06. The predicted octanol–water partition coefficient (Wildman–Crippen LogP) is 4.06. The molecule has 136 valence electrons. The lowest BCUT2D eigenvalue weighted by Gasteiger charge is -2.18. The Hall–Kier alpha value is -3.09. The van der Waals surface area contributed by atoms with Crippen LogP contribution in [0.15, 0.2) is 42.5 Å². The molecule has 0 radical (unpaired) electrons. The number of benzene rings is 2. The summed E-state index contributed by atoms with van der Waals surface area (Å²) in [6.45, 7) is 2.05. The normalized spacial score (nSPS) is 18.0. The van der Waals surface area contributed by atoms with Crippen LogP contribution in [0.3, 0.4) is 0 Å². The Balaban J connectivity index is 1.72. The molecule has 0 bridgehead atoms. The van der Waals surface area contributed by atoms with Gasteiger partial charge in [-0.1, -0.05) is 19.1 Å². The molecular formula is C19H20FN3O3. The van der Waals surface area contributed by atoms with E-state index in [4.69, 9.17) is 0 Å². The zero-order valence-corrected chi connectivity index (χ0v) is 14.5. The molecule has 2 unspecified atom stereocenters. The Morgan fingerprint density at radius 1 is 1.12 bits per heavy atom. The molecule has 7 heteroatoms. The highest BCUT2D eigenvalue weighted by atomic mass is 19.1. The van der Waals surface area contributed by atoms with Crippen LogP contribution in [-0.4, -0.2) is 19.2 Å². The second kappa shape index (κ2) is 7.43. The summed E-state index contributed by atoms with van der Waals surface area (Å²) in [5.41, 5.74) is 3.02. The van der Waals surface area contributed by atoms with Gasteiger partial charge in [0, 0.05) is 11.4 Å². The van der Waals surface area contributed by atoms with Crippen LogP contribution in [0.5, 0.6) is 0 Å². The first kappa shape index (κ1) is 17.7. The van der Waals surface area contributed by atoms with Gasteiger partial charge in [-0.05, 0) is 53.8 Å². The molecule has 26 heavy (non-hydrogen) atoms. The second-order valence-electron chi connectivity index (χ2n) is 6.30. The van der Waals surface area contributed by atoms with Crippen molar-refractivity contribution in [3.63, 3.8) is 0 Å². The first-order valence-corrected chi connectivity index (χ1v) is 8.27. The van der Waals surface area contributed by atoms with Gasteiger partial charge in [-0.3, -0.25) is 0 Å².